The summed E-state index contributed by atoms with van der Waals surface area (Å²) in [6, 6.07) is 2.30. The van der Waals surface area contributed by atoms with Gasteiger partial charge in [-0.3, -0.25) is 4.79 Å². The summed E-state index contributed by atoms with van der Waals surface area (Å²) < 4.78 is 37.5. The number of esters is 1. The molecule has 3 rings (SSSR count). The van der Waals surface area contributed by atoms with E-state index in [0.717, 1.165) is 12.5 Å². The van der Waals surface area contributed by atoms with Gasteiger partial charge in [-0.15, -0.1) is 0 Å². The van der Waals surface area contributed by atoms with Crippen molar-refractivity contribution in [1.82, 2.24) is 9.21 Å². The molecular weight excluding hydrogens is 467 g/mol. The van der Waals surface area contributed by atoms with Crippen LogP contribution in [0.3, 0.4) is 0 Å². The molecule has 0 bridgehead atoms. The van der Waals surface area contributed by atoms with Crippen LogP contribution in [0.4, 0.5) is 0 Å². The van der Waals surface area contributed by atoms with Crippen LogP contribution < -0.4 is 0 Å². The molecule has 31 heavy (non-hydrogen) atoms. The number of ether oxygens (including phenoxy) is 2. The van der Waals surface area contributed by atoms with Crippen LogP contribution in [0.15, 0.2) is 17.0 Å². The molecule has 0 spiro atoms. The molecule has 0 aromatic heterocycles. The summed E-state index contributed by atoms with van der Waals surface area (Å²) in [7, 11) is -3.95. The van der Waals surface area contributed by atoms with Gasteiger partial charge in [0.25, 0.3) is 5.91 Å². The fraction of sp³-hybridized carbons (Fsp3) is 0.600. The summed E-state index contributed by atoms with van der Waals surface area (Å²) in [6.45, 7) is 5.85. The van der Waals surface area contributed by atoms with E-state index >= 15 is 0 Å². The van der Waals surface area contributed by atoms with Crippen molar-refractivity contribution < 1.29 is 27.5 Å². The topological polar surface area (TPSA) is 93.2 Å². The highest BCUT2D eigenvalue weighted by Crippen LogP contribution is 2.31. The first-order valence-corrected chi connectivity index (χ1v) is 12.3. The van der Waals surface area contributed by atoms with E-state index < -0.39 is 22.6 Å². The summed E-state index contributed by atoms with van der Waals surface area (Å²) in [4.78, 5) is 26.5. The molecule has 172 valence electrons. The van der Waals surface area contributed by atoms with Crippen LogP contribution in [0.25, 0.3) is 0 Å². The largest absolute Gasteiger partial charge is 0.452 e. The number of sulfonamides is 1. The van der Waals surface area contributed by atoms with E-state index in [1.807, 2.05) is 0 Å². The van der Waals surface area contributed by atoms with Gasteiger partial charge in [-0.05, 0) is 30.4 Å². The molecule has 1 aromatic carbocycles. The first-order valence-electron chi connectivity index (χ1n) is 10.1. The van der Waals surface area contributed by atoms with Gasteiger partial charge in [-0.25, -0.2) is 13.2 Å². The second-order valence-electron chi connectivity index (χ2n) is 8.10. The number of benzene rings is 1. The number of hydrogen-bond acceptors (Lipinski definition) is 6. The van der Waals surface area contributed by atoms with Crippen LogP contribution >= 0.6 is 23.2 Å². The Kier molecular flexibility index (Phi) is 7.86. The standard InChI is InChI=1S/C20H26Cl2N2O6S/c1-13-7-14(2)11-23(10-13)19(25)12-30-20(26)15-8-18(17(22)9-16(15)21)31(27,28)24-3-5-29-6-4-24/h8-9,13-14H,3-7,10-12H2,1-2H3. The summed E-state index contributed by atoms with van der Waals surface area (Å²) in [5.41, 5.74) is -0.161. The highest BCUT2D eigenvalue weighted by molar-refractivity contribution is 7.89. The summed E-state index contributed by atoms with van der Waals surface area (Å²) in [5.74, 6) is -0.423. The van der Waals surface area contributed by atoms with Gasteiger partial charge in [-0.2, -0.15) is 4.31 Å². The molecule has 2 atom stereocenters. The maximum absolute atomic E-state index is 13.0. The molecule has 1 amide bonds. The van der Waals surface area contributed by atoms with Gasteiger partial charge in [0.1, 0.15) is 4.90 Å². The zero-order valence-corrected chi connectivity index (χ0v) is 19.8. The number of morpholine rings is 1. The van der Waals surface area contributed by atoms with Gasteiger partial charge in [-0.1, -0.05) is 37.0 Å². The number of carbonyl (C=O) groups excluding carboxylic acids is 2. The number of rotatable bonds is 5. The van der Waals surface area contributed by atoms with Crippen molar-refractivity contribution in [1.29, 1.82) is 0 Å². The minimum Gasteiger partial charge on any atom is -0.452 e. The third-order valence-electron chi connectivity index (χ3n) is 5.38. The van der Waals surface area contributed by atoms with Crippen molar-refractivity contribution in [3.8, 4) is 0 Å². The molecule has 11 heteroatoms. The van der Waals surface area contributed by atoms with E-state index in [1.165, 1.54) is 10.4 Å². The second kappa shape index (κ2) is 10.0. The molecule has 0 radical (unpaired) electrons. The number of halogens is 2. The Labute approximate surface area is 192 Å². The Morgan fingerprint density at radius 2 is 1.71 bits per heavy atom. The number of carbonyl (C=O) groups is 2. The highest BCUT2D eigenvalue weighted by Gasteiger charge is 2.31. The van der Waals surface area contributed by atoms with Crippen LogP contribution in [-0.4, -0.2) is 75.5 Å². The maximum Gasteiger partial charge on any atom is 0.340 e. The molecule has 8 nitrogen and oxygen atoms in total. The number of likely N-dealkylation sites (tertiary alicyclic amines) is 1. The van der Waals surface area contributed by atoms with Crippen molar-refractivity contribution in [2.75, 3.05) is 46.0 Å². The Morgan fingerprint density at radius 3 is 2.32 bits per heavy atom. The summed E-state index contributed by atoms with van der Waals surface area (Å²) in [5, 5.41) is -0.149. The molecule has 2 aliphatic heterocycles. The Morgan fingerprint density at radius 1 is 1.10 bits per heavy atom. The van der Waals surface area contributed by atoms with Crippen molar-refractivity contribution in [3.05, 3.63) is 27.7 Å². The molecule has 2 unspecified atom stereocenters. The third-order valence-corrected chi connectivity index (χ3v) is 8.05. The quantitative estimate of drug-likeness (QED) is 0.586. The van der Waals surface area contributed by atoms with Crippen LogP contribution in [0.1, 0.15) is 30.6 Å². The molecule has 0 aliphatic carbocycles. The fourth-order valence-corrected chi connectivity index (χ4v) is 6.21. The minimum atomic E-state index is -3.95. The SMILES string of the molecule is CC1CC(C)CN(C(=O)COC(=O)c2cc(S(=O)(=O)N3CCOCC3)c(Cl)cc2Cl)C1. The van der Waals surface area contributed by atoms with Crippen LogP contribution in [0.2, 0.25) is 10.0 Å². The lowest BCUT2D eigenvalue weighted by Crippen LogP contribution is -2.44. The van der Waals surface area contributed by atoms with Crippen LogP contribution in [-0.2, 0) is 24.3 Å². The normalized spacial score (nSPS) is 22.9. The van der Waals surface area contributed by atoms with Gasteiger partial charge in [0.2, 0.25) is 10.0 Å². The highest BCUT2D eigenvalue weighted by atomic mass is 35.5. The van der Waals surface area contributed by atoms with E-state index in [2.05, 4.69) is 13.8 Å². The van der Waals surface area contributed by atoms with Gasteiger partial charge < -0.3 is 14.4 Å². The summed E-state index contributed by atoms with van der Waals surface area (Å²) >= 11 is 12.3. The van der Waals surface area contributed by atoms with Crippen molar-refractivity contribution >= 4 is 45.1 Å². The monoisotopic (exact) mass is 492 g/mol. The average Bonchev–Trinajstić information content (AvgIpc) is 2.71. The molecule has 0 saturated carbocycles. The predicted octanol–water partition coefficient (Wildman–Crippen LogP) is 2.68. The molecule has 2 heterocycles. The first kappa shape index (κ1) is 24.3. The lowest BCUT2D eigenvalue weighted by atomic mass is 9.92. The lowest BCUT2D eigenvalue weighted by Gasteiger charge is -2.34. The molecule has 2 fully saturated rings. The van der Waals surface area contributed by atoms with Gasteiger partial charge in [0.05, 0.1) is 28.8 Å². The van der Waals surface area contributed by atoms with E-state index in [4.69, 9.17) is 32.7 Å². The number of piperidine rings is 1. The van der Waals surface area contributed by atoms with E-state index in [0.29, 0.717) is 24.9 Å². The Bertz CT molecular complexity index is 939. The fourth-order valence-electron chi connectivity index (χ4n) is 3.97. The molecule has 0 N–H and O–H groups in total. The Balaban J connectivity index is 1.74. The van der Waals surface area contributed by atoms with Crippen LogP contribution in [0, 0.1) is 11.8 Å². The van der Waals surface area contributed by atoms with Crippen molar-refractivity contribution in [2.45, 2.75) is 25.2 Å². The van der Waals surface area contributed by atoms with E-state index in [9.17, 15) is 18.0 Å². The van der Waals surface area contributed by atoms with Gasteiger partial charge in [0.15, 0.2) is 6.61 Å². The zero-order chi connectivity index (χ0) is 22.8. The molecule has 2 saturated heterocycles. The lowest BCUT2D eigenvalue weighted by molar-refractivity contribution is -0.137. The zero-order valence-electron chi connectivity index (χ0n) is 17.5. The molecular formula is C20H26Cl2N2O6S. The minimum absolute atomic E-state index is 0.0522. The summed E-state index contributed by atoms with van der Waals surface area (Å²) in [6.07, 6.45) is 1.05. The van der Waals surface area contributed by atoms with Gasteiger partial charge >= 0.3 is 5.97 Å². The van der Waals surface area contributed by atoms with Crippen molar-refractivity contribution in [3.63, 3.8) is 0 Å². The number of hydrogen-bond donors (Lipinski definition) is 0. The first-order chi connectivity index (χ1) is 14.6. The smallest absolute Gasteiger partial charge is 0.340 e. The van der Waals surface area contributed by atoms with Crippen molar-refractivity contribution in [2.24, 2.45) is 11.8 Å². The third kappa shape index (κ3) is 5.70. The Hall–Kier alpha value is -1.39. The second-order valence-corrected chi connectivity index (χ2v) is 10.8. The average molecular weight is 493 g/mol. The molecule has 1 aromatic rings. The maximum atomic E-state index is 13.0. The van der Waals surface area contributed by atoms with E-state index in [1.54, 1.807) is 4.90 Å². The predicted molar refractivity (Wildman–Crippen MR) is 116 cm³/mol. The van der Waals surface area contributed by atoms with E-state index in [-0.39, 0.29) is 52.7 Å². The number of nitrogens with zero attached hydrogens (tertiary/aromatic N) is 2. The number of amides is 1. The van der Waals surface area contributed by atoms with Crippen LogP contribution in [0.5, 0.6) is 0 Å². The van der Waals surface area contributed by atoms with Gasteiger partial charge in [0, 0.05) is 26.2 Å². The molecule has 2 aliphatic rings.